The molecule has 0 aromatic carbocycles. The number of hydrogen-bond acceptors (Lipinski definition) is 4. The molecule has 0 aliphatic carbocycles. The highest BCUT2D eigenvalue weighted by atomic mass is 32.2. The predicted octanol–water partition coefficient (Wildman–Crippen LogP) is 2.07. The molecule has 0 saturated heterocycles. The third-order valence-corrected chi connectivity index (χ3v) is 3.32. The Morgan fingerprint density at radius 2 is 2.20 bits per heavy atom. The molecule has 1 aromatic heterocycles. The fourth-order valence-electron chi connectivity index (χ4n) is 1.18. The number of aromatic nitrogens is 1. The summed E-state index contributed by atoms with van der Waals surface area (Å²) in [5.74, 6) is 0.737. The van der Waals surface area contributed by atoms with Gasteiger partial charge in [0.1, 0.15) is 5.54 Å². The van der Waals surface area contributed by atoms with Crippen molar-refractivity contribution < 1.29 is 0 Å². The Morgan fingerprint density at radius 3 is 2.73 bits per heavy atom. The van der Waals surface area contributed by atoms with Crippen LogP contribution in [0.4, 0.5) is 0 Å². The molecule has 0 aliphatic rings. The van der Waals surface area contributed by atoms with Crippen molar-refractivity contribution in [3.8, 4) is 6.07 Å². The maximum Gasteiger partial charge on any atom is 0.113 e. The molecule has 0 radical (unpaired) electrons. The minimum atomic E-state index is -0.456. The van der Waals surface area contributed by atoms with Crippen molar-refractivity contribution in [2.24, 2.45) is 0 Å². The highest BCUT2D eigenvalue weighted by Gasteiger charge is 2.22. The van der Waals surface area contributed by atoms with E-state index in [9.17, 15) is 0 Å². The van der Waals surface area contributed by atoms with E-state index in [1.807, 2.05) is 26.0 Å². The molecule has 1 heterocycles. The van der Waals surface area contributed by atoms with Crippen molar-refractivity contribution in [3.05, 3.63) is 24.5 Å². The molecule has 0 bridgehead atoms. The summed E-state index contributed by atoms with van der Waals surface area (Å²) in [5, 5.41) is 12.2. The van der Waals surface area contributed by atoms with E-state index in [0.717, 1.165) is 17.2 Å². The number of nitriles is 1. The van der Waals surface area contributed by atoms with E-state index in [1.54, 1.807) is 24.2 Å². The molecule has 0 spiro atoms. The van der Waals surface area contributed by atoms with Crippen LogP contribution in [0.3, 0.4) is 0 Å². The first-order valence-corrected chi connectivity index (χ1v) is 5.88. The van der Waals surface area contributed by atoms with Gasteiger partial charge in [-0.3, -0.25) is 10.3 Å². The van der Waals surface area contributed by atoms with Gasteiger partial charge in [0.15, 0.2) is 0 Å². The topological polar surface area (TPSA) is 48.7 Å². The summed E-state index contributed by atoms with van der Waals surface area (Å²) < 4.78 is 0. The lowest BCUT2D eigenvalue weighted by Crippen LogP contribution is -2.43. The lowest BCUT2D eigenvalue weighted by molar-refractivity contribution is 0.511. The van der Waals surface area contributed by atoms with Gasteiger partial charge in [0, 0.05) is 23.0 Å². The van der Waals surface area contributed by atoms with Gasteiger partial charge in [-0.15, -0.1) is 11.8 Å². The lowest BCUT2D eigenvalue weighted by atomic mass is 10.1. The predicted molar refractivity (Wildman–Crippen MR) is 62.7 cm³/mol. The van der Waals surface area contributed by atoms with Crippen LogP contribution >= 0.6 is 11.8 Å². The van der Waals surface area contributed by atoms with Crippen molar-refractivity contribution in [2.75, 3.05) is 12.3 Å². The van der Waals surface area contributed by atoms with E-state index >= 15 is 0 Å². The van der Waals surface area contributed by atoms with Gasteiger partial charge in [0.2, 0.25) is 0 Å². The van der Waals surface area contributed by atoms with Gasteiger partial charge in [-0.05, 0) is 25.6 Å². The summed E-state index contributed by atoms with van der Waals surface area (Å²) in [6, 6.07) is 6.21. The Hall–Kier alpha value is -1.05. The van der Waals surface area contributed by atoms with Crippen molar-refractivity contribution >= 4 is 11.8 Å². The van der Waals surface area contributed by atoms with Gasteiger partial charge < -0.3 is 0 Å². The van der Waals surface area contributed by atoms with E-state index in [-0.39, 0.29) is 0 Å². The maximum atomic E-state index is 9.06. The Morgan fingerprint density at radius 1 is 1.53 bits per heavy atom. The zero-order valence-corrected chi connectivity index (χ0v) is 9.84. The first-order valence-electron chi connectivity index (χ1n) is 4.89. The standard InChI is InChI=1S/C11H15N3S/c1-3-14-11(2,8-12)9-15-10-4-6-13-7-5-10/h4-7,14H,3,9H2,1-2H3. The van der Waals surface area contributed by atoms with E-state index in [4.69, 9.17) is 5.26 Å². The van der Waals surface area contributed by atoms with Crippen molar-refractivity contribution in [3.63, 3.8) is 0 Å². The number of nitrogens with zero attached hydrogens (tertiary/aromatic N) is 2. The van der Waals surface area contributed by atoms with Crippen LogP contribution in [0.1, 0.15) is 13.8 Å². The van der Waals surface area contributed by atoms with Crippen molar-refractivity contribution in [1.29, 1.82) is 5.26 Å². The average molecular weight is 221 g/mol. The highest BCUT2D eigenvalue weighted by Crippen LogP contribution is 2.21. The van der Waals surface area contributed by atoms with Crippen LogP contribution in [0.15, 0.2) is 29.4 Å². The quantitative estimate of drug-likeness (QED) is 0.773. The van der Waals surface area contributed by atoms with Crippen LogP contribution in [0, 0.1) is 11.3 Å². The minimum Gasteiger partial charge on any atom is -0.299 e. The average Bonchev–Trinajstić information content (AvgIpc) is 2.28. The molecule has 1 aromatic rings. The monoisotopic (exact) mass is 221 g/mol. The fraction of sp³-hybridized carbons (Fsp3) is 0.455. The normalized spacial score (nSPS) is 14.2. The largest absolute Gasteiger partial charge is 0.299 e. The van der Waals surface area contributed by atoms with Gasteiger partial charge in [-0.2, -0.15) is 5.26 Å². The van der Waals surface area contributed by atoms with Gasteiger partial charge in [-0.1, -0.05) is 6.92 Å². The van der Waals surface area contributed by atoms with Crippen LogP contribution < -0.4 is 5.32 Å². The second-order valence-corrected chi connectivity index (χ2v) is 4.49. The molecule has 1 rings (SSSR count). The zero-order chi connectivity index (χ0) is 11.1. The molecule has 1 unspecified atom stereocenters. The number of thioether (sulfide) groups is 1. The van der Waals surface area contributed by atoms with Crippen molar-refractivity contribution in [1.82, 2.24) is 10.3 Å². The smallest absolute Gasteiger partial charge is 0.113 e. The van der Waals surface area contributed by atoms with Gasteiger partial charge in [0.05, 0.1) is 6.07 Å². The van der Waals surface area contributed by atoms with Crippen LogP contribution in [0.5, 0.6) is 0 Å². The minimum absolute atomic E-state index is 0.456. The van der Waals surface area contributed by atoms with E-state index in [2.05, 4.69) is 16.4 Å². The number of nitrogens with one attached hydrogen (secondary N) is 1. The number of pyridine rings is 1. The summed E-state index contributed by atoms with van der Waals surface area (Å²) in [5.41, 5.74) is -0.456. The van der Waals surface area contributed by atoms with E-state index in [0.29, 0.717) is 0 Å². The molecular formula is C11H15N3S. The summed E-state index contributed by atoms with van der Waals surface area (Å²) in [6.07, 6.45) is 3.53. The molecule has 80 valence electrons. The highest BCUT2D eigenvalue weighted by molar-refractivity contribution is 7.99. The Kier molecular flexibility index (Phi) is 4.60. The molecule has 1 N–H and O–H groups in total. The van der Waals surface area contributed by atoms with Crippen molar-refractivity contribution in [2.45, 2.75) is 24.3 Å². The molecule has 3 nitrogen and oxygen atoms in total. The third-order valence-electron chi connectivity index (χ3n) is 1.99. The number of hydrogen-bond donors (Lipinski definition) is 1. The maximum absolute atomic E-state index is 9.06. The van der Waals surface area contributed by atoms with Gasteiger partial charge >= 0.3 is 0 Å². The Labute approximate surface area is 94.9 Å². The van der Waals surface area contributed by atoms with Crippen LogP contribution in [-0.4, -0.2) is 22.8 Å². The molecule has 4 heteroatoms. The molecule has 15 heavy (non-hydrogen) atoms. The summed E-state index contributed by atoms with van der Waals surface area (Å²) in [4.78, 5) is 5.10. The van der Waals surface area contributed by atoms with Crippen LogP contribution in [0.2, 0.25) is 0 Å². The van der Waals surface area contributed by atoms with Gasteiger partial charge in [0.25, 0.3) is 0 Å². The zero-order valence-electron chi connectivity index (χ0n) is 9.03. The molecular weight excluding hydrogens is 206 g/mol. The second-order valence-electron chi connectivity index (χ2n) is 3.45. The second kappa shape index (κ2) is 5.74. The summed E-state index contributed by atoms with van der Waals surface area (Å²) in [6.45, 7) is 4.73. The lowest BCUT2D eigenvalue weighted by Gasteiger charge is -2.21. The Balaban J connectivity index is 2.52. The SMILES string of the molecule is CCNC(C)(C#N)CSc1ccncc1. The molecule has 0 saturated carbocycles. The first kappa shape index (κ1) is 12.0. The summed E-state index contributed by atoms with van der Waals surface area (Å²) in [7, 11) is 0. The van der Waals surface area contributed by atoms with Crippen LogP contribution in [-0.2, 0) is 0 Å². The van der Waals surface area contributed by atoms with Crippen LogP contribution in [0.25, 0.3) is 0 Å². The Bertz CT molecular complexity index is 333. The number of rotatable bonds is 5. The molecule has 0 amide bonds. The van der Waals surface area contributed by atoms with E-state index < -0.39 is 5.54 Å². The van der Waals surface area contributed by atoms with Gasteiger partial charge in [-0.25, -0.2) is 0 Å². The molecule has 0 fully saturated rings. The molecule has 0 aliphatic heterocycles. The van der Waals surface area contributed by atoms with E-state index in [1.165, 1.54) is 0 Å². The molecule has 1 atom stereocenters. The third kappa shape index (κ3) is 3.90. The first-order chi connectivity index (χ1) is 7.20. The summed E-state index contributed by atoms with van der Waals surface area (Å²) >= 11 is 1.67. The fourth-order valence-corrected chi connectivity index (χ4v) is 2.11.